The fraction of sp³-hybridized carbons (Fsp3) is 0.458. The van der Waals surface area contributed by atoms with E-state index in [4.69, 9.17) is 0 Å². The lowest BCUT2D eigenvalue weighted by molar-refractivity contribution is -0.153. The molecular formula is C24H23N3O5. The van der Waals surface area contributed by atoms with Gasteiger partial charge in [0.05, 0.1) is 29.2 Å². The molecule has 2 unspecified atom stereocenters. The van der Waals surface area contributed by atoms with E-state index in [9.17, 15) is 24.0 Å². The first-order chi connectivity index (χ1) is 15.4. The normalized spacial score (nSPS) is 39.3. The molecule has 0 radical (unpaired) electrons. The van der Waals surface area contributed by atoms with Gasteiger partial charge in [-0.25, -0.2) is 0 Å². The molecule has 6 aliphatic rings. The van der Waals surface area contributed by atoms with Crippen LogP contribution < -0.4 is 16.0 Å². The number of benzene rings is 1. The van der Waals surface area contributed by atoms with E-state index < -0.39 is 64.2 Å². The van der Waals surface area contributed by atoms with Crippen LogP contribution in [0.3, 0.4) is 0 Å². The molecule has 8 nitrogen and oxygen atoms in total. The second-order valence-corrected chi connectivity index (χ2v) is 9.64. The second-order valence-electron chi connectivity index (χ2n) is 9.64. The van der Waals surface area contributed by atoms with E-state index in [1.165, 1.54) is 0 Å². The quantitative estimate of drug-likeness (QED) is 0.471. The summed E-state index contributed by atoms with van der Waals surface area (Å²) in [6.07, 6.45) is 5.79. The monoisotopic (exact) mass is 433 g/mol. The zero-order chi connectivity index (χ0) is 22.3. The maximum atomic E-state index is 13.3. The number of rotatable bonds is 2. The van der Waals surface area contributed by atoms with Gasteiger partial charge in [-0.3, -0.25) is 34.6 Å². The summed E-state index contributed by atoms with van der Waals surface area (Å²) < 4.78 is 0. The molecule has 4 aliphatic carbocycles. The molecule has 0 aromatic heterocycles. The van der Waals surface area contributed by atoms with Crippen molar-refractivity contribution in [2.24, 2.45) is 29.1 Å². The van der Waals surface area contributed by atoms with Crippen LogP contribution >= 0.6 is 0 Å². The molecule has 4 fully saturated rings. The molecule has 1 aromatic carbocycles. The van der Waals surface area contributed by atoms with E-state index >= 15 is 0 Å². The van der Waals surface area contributed by atoms with Gasteiger partial charge in [0.1, 0.15) is 0 Å². The van der Waals surface area contributed by atoms with Crippen LogP contribution in [0.25, 0.3) is 0 Å². The number of carbonyl (C=O) groups excluding carboxylic acids is 5. The van der Waals surface area contributed by atoms with Gasteiger partial charge in [0.15, 0.2) is 0 Å². The SMILES string of the molecule is O=C(NC12C=C3CCCCCC3([C@@H]3C(=O)NC(=O)[C@@H]31)[C@H]1C(=O)NC(=O)[C@H]12)c1ccccc1. The molecule has 1 spiro atoms. The Morgan fingerprint density at radius 3 is 2.03 bits per heavy atom. The van der Waals surface area contributed by atoms with Gasteiger partial charge >= 0.3 is 0 Å². The fourth-order valence-electron chi connectivity index (χ4n) is 7.33. The van der Waals surface area contributed by atoms with Gasteiger partial charge in [-0.05, 0) is 31.4 Å². The van der Waals surface area contributed by atoms with Crippen LogP contribution in [0.15, 0.2) is 42.0 Å². The number of allylic oxidation sites excluding steroid dienone is 1. The summed E-state index contributed by atoms with van der Waals surface area (Å²) in [7, 11) is 0. The molecule has 2 aliphatic heterocycles. The second kappa shape index (κ2) is 6.37. The average Bonchev–Trinajstić information content (AvgIpc) is 3.17. The standard InChI is InChI=1S/C24H23N3O5/c28-18(12-7-3-1-4-8-12)27-24-11-13-9-5-2-6-10-23(13,14-16(24)21(31)25-19(14)29)15-17(24)22(32)26-20(15)30/h1,3-4,7-8,11,14-17H,2,5-6,9-10H2,(H,27,28)(H,25,29,31)(H,26,30,32)/t14-,15+,16+,17-,23?,24?. The zero-order valence-electron chi connectivity index (χ0n) is 17.4. The van der Waals surface area contributed by atoms with Crippen LogP contribution in [0, 0.1) is 29.1 Å². The number of hydrogen-bond acceptors (Lipinski definition) is 5. The molecule has 164 valence electrons. The van der Waals surface area contributed by atoms with Crippen molar-refractivity contribution in [3.05, 3.63) is 47.5 Å². The molecule has 5 amide bonds. The summed E-state index contributed by atoms with van der Waals surface area (Å²) >= 11 is 0. The van der Waals surface area contributed by atoms with E-state index in [-0.39, 0.29) is 0 Å². The lowest BCUT2D eigenvalue weighted by Crippen LogP contribution is -2.73. The topological polar surface area (TPSA) is 121 Å². The molecule has 2 saturated heterocycles. The molecule has 7 rings (SSSR count). The van der Waals surface area contributed by atoms with Crippen molar-refractivity contribution in [2.75, 3.05) is 0 Å². The Morgan fingerprint density at radius 1 is 0.812 bits per heavy atom. The van der Waals surface area contributed by atoms with E-state index in [1.54, 1.807) is 30.3 Å². The number of amides is 5. The third kappa shape index (κ3) is 2.19. The van der Waals surface area contributed by atoms with Gasteiger partial charge in [-0.2, -0.15) is 0 Å². The van der Waals surface area contributed by atoms with Crippen LogP contribution in [0.5, 0.6) is 0 Å². The third-order valence-electron chi connectivity index (χ3n) is 8.34. The maximum Gasteiger partial charge on any atom is 0.252 e. The summed E-state index contributed by atoms with van der Waals surface area (Å²) in [6.45, 7) is 0. The van der Waals surface area contributed by atoms with Crippen molar-refractivity contribution < 1.29 is 24.0 Å². The highest BCUT2D eigenvalue weighted by molar-refractivity contribution is 6.13. The van der Waals surface area contributed by atoms with Crippen LogP contribution in [0.1, 0.15) is 42.5 Å². The van der Waals surface area contributed by atoms with Crippen molar-refractivity contribution >= 4 is 29.5 Å². The van der Waals surface area contributed by atoms with E-state index in [2.05, 4.69) is 16.0 Å². The molecular weight excluding hydrogens is 410 g/mol. The van der Waals surface area contributed by atoms with Gasteiger partial charge in [0.25, 0.3) is 5.91 Å². The summed E-state index contributed by atoms with van der Waals surface area (Å²) in [4.78, 5) is 65.9. The lowest BCUT2D eigenvalue weighted by Gasteiger charge is -2.61. The predicted octanol–water partition coefficient (Wildman–Crippen LogP) is 0.837. The van der Waals surface area contributed by atoms with Crippen molar-refractivity contribution in [1.82, 2.24) is 16.0 Å². The van der Waals surface area contributed by atoms with Crippen molar-refractivity contribution in [2.45, 2.75) is 37.6 Å². The largest absolute Gasteiger partial charge is 0.341 e. The zero-order valence-corrected chi connectivity index (χ0v) is 17.4. The molecule has 6 atom stereocenters. The van der Waals surface area contributed by atoms with E-state index in [1.807, 2.05) is 6.08 Å². The highest BCUT2D eigenvalue weighted by Crippen LogP contribution is 2.68. The molecule has 2 bridgehead atoms. The molecule has 1 aromatic rings. The van der Waals surface area contributed by atoms with Gasteiger partial charge < -0.3 is 5.32 Å². The van der Waals surface area contributed by atoms with Crippen LogP contribution in [0.4, 0.5) is 0 Å². The van der Waals surface area contributed by atoms with Crippen molar-refractivity contribution in [3.8, 4) is 0 Å². The Labute approximate surface area is 184 Å². The first-order valence-corrected chi connectivity index (χ1v) is 11.2. The predicted molar refractivity (Wildman–Crippen MR) is 110 cm³/mol. The third-order valence-corrected chi connectivity index (χ3v) is 8.34. The van der Waals surface area contributed by atoms with Gasteiger partial charge in [0, 0.05) is 11.0 Å². The number of nitrogens with one attached hydrogen (secondary N) is 3. The van der Waals surface area contributed by atoms with Gasteiger partial charge in [-0.1, -0.05) is 42.7 Å². The molecule has 2 heterocycles. The Hall–Kier alpha value is -3.29. The van der Waals surface area contributed by atoms with Crippen molar-refractivity contribution in [3.63, 3.8) is 0 Å². The first-order valence-electron chi connectivity index (χ1n) is 11.2. The maximum absolute atomic E-state index is 13.3. The van der Waals surface area contributed by atoms with E-state index in [0.717, 1.165) is 24.8 Å². The highest BCUT2D eigenvalue weighted by Gasteiger charge is 2.79. The smallest absolute Gasteiger partial charge is 0.252 e. The molecule has 32 heavy (non-hydrogen) atoms. The number of carbonyl (C=O) groups is 5. The minimum atomic E-state index is -1.43. The Morgan fingerprint density at radius 2 is 1.41 bits per heavy atom. The Bertz CT molecular complexity index is 1080. The van der Waals surface area contributed by atoms with Gasteiger partial charge in [-0.15, -0.1) is 0 Å². The lowest BCUT2D eigenvalue weighted by atomic mass is 9.40. The van der Waals surface area contributed by atoms with Crippen LogP contribution in [-0.4, -0.2) is 35.1 Å². The summed E-state index contributed by atoms with van der Waals surface area (Å²) in [5.74, 6) is -5.64. The van der Waals surface area contributed by atoms with Crippen LogP contribution in [0.2, 0.25) is 0 Å². The van der Waals surface area contributed by atoms with Gasteiger partial charge in [0.2, 0.25) is 23.6 Å². The molecule has 3 N–H and O–H groups in total. The summed E-state index contributed by atoms with van der Waals surface area (Å²) in [5.41, 5.74) is -0.986. The Kier molecular flexibility index (Phi) is 3.86. The number of hydrogen-bond donors (Lipinski definition) is 3. The summed E-state index contributed by atoms with van der Waals surface area (Å²) in [6, 6.07) is 8.54. The molecule has 2 saturated carbocycles. The summed E-state index contributed by atoms with van der Waals surface area (Å²) in [5, 5.41) is 7.91. The van der Waals surface area contributed by atoms with E-state index in [0.29, 0.717) is 18.4 Å². The van der Waals surface area contributed by atoms with Crippen molar-refractivity contribution in [1.29, 1.82) is 0 Å². The molecule has 8 heteroatoms. The highest BCUT2D eigenvalue weighted by atomic mass is 16.2. The average molecular weight is 433 g/mol. The van der Waals surface area contributed by atoms with Crippen LogP contribution in [-0.2, 0) is 19.2 Å². The number of imide groups is 2. The minimum absolute atomic E-state index is 0.381. The first kappa shape index (κ1) is 19.4. The minimum Gasteiger partial charge on any atom is -0.341 e. The Balaban J connectivity index is 1.60. The fourth-order valence-corrected chi connectivity index (χ4v) is 7.33.